The molecule has 0 spiro atoms. The van der Waals surface area contributed by atoms with Crippen LogP contribution in [0.1, 0.15) is 23.0 Å². The number of sulfonamides is 1. The number of carbonyl (C=O) groups is 1. The number of pyridine rings is 1. The van der Waals surface area contributed by atoms with Crippen molar-refractivity contribution in [2.75, 3.05) is 12.9 Å². The van der Waals surface area contributed by atoms with Crippen LogP contribution in [0, 0.1) is 5.82 Å². The number of halogens is 2. The van der Waals surface area contributed by atoms with Crippen molar-refractivity contribution in [1.82, 2.24) is 14.3 Å². The molecule has 2 heterocycles. The number of carbonyl (C=O) groups excluding carboxylic acids is 1. The molecule has 4 rings (SSSR count). The Bertz CT molecular complexity index is 1500. The molecule has 0 radical (unpaired) electrons. The maximum atomic E-state index is 14.6. The molecule has 0 aliphatic carbocycles. The number of benzene rings is 2. The number of hydrogen-bond acceptors (Lipinski definition) is 5. The molecule has 0 fully saturated rings. The average Bonchev–Trinajstić information content (AvgIpc) is 3.13. The van der Waals surface area contributed by atoms with E-state index in [9.17, 15) is 17.6 Å². The maximum Gasteiger partial charge on any atom is 0.282 e. The van der Waals surface area contributed by atoms with E-state index in [1.807, 2.05) is 6.07 Å². The number of fused-ring (bicyclic) bond motifs is 1. The molecule has 176 valence electrons. The Hall–Kier alpha value is -3.24. The van der Waals surface area contributed by atoms with Crippen LogP contribution in [-0.4, -0.2) is 36.7 Å². The van der Waals surface area contributed by atoms with Gasteiger partial charge in [-0.3, -0.25) is 4.79 Å². The molecule has 0 aliphatic heterocycles. The number of nitrogens with zero attached hydrogens (tertiary/aromatic N) is 2. The monoisotopic (exact) mass is 545 g/mol. The van der Waals surface area contributed by atoms with Gasteiger partial charge in [-0.15, -0.1) is 0 Å². The first-order chi connectivity index (χ1) is 16.3. The Morgan fingerprint density at radius 1 is 1.18 bits per heavy atom. The summed E-state index contributed by atoms with van der Waals surface area (Å²) >= 11 is 3.47. The molecule has 4 aromatic rings. The van der Waals surface area contributed by atoms with E-state index in [-0.39, 0.29) is 23.9 Å². The summed E-state index contributed by atoms with van der Waals surface area (Å²) in [6.07, 6.45) is 1.55. The van der Waals surface area contributed by atoms with E-state index >= 15 is 0 Å². The van der Waals surface area contributed by atoms with Gasteiger partial charge in [-0.05, 0) is 43.3 Å². The number of methoxy groups -OCH3 is 1. The van der Waals surface area contributed by atoms with Gasteiger partial charge in [-0.1, -0.05) is 34.1 Å². The number of amides is 1. The lowest BCUT2D eigenvalue weighted by atomic mass is 10.0. The highest BCUT2D eigenvalue weighted by molar-refractivity contribution is 9.10. The predicted molar refractivity (Wildman–Crippen MR) is 132 cm³/mol. The zero-order valence-corrected chi connectivity index (χ0v) is 20.8. The summed E-state index contributed by atoms with van der Waals surface area (Å²) < 4.78 is 49.1. The smallest absolute Gasteiger partial charge is 0.282 e. The van der Waals surface area contributed by atoms with Gasteiger partial charge in [0.15, 0.2) is 0 Å². The van der Waals surface area contributed by atoms with Gasteiger partial charge in [0, 0.05) is 38.3 Å². The zero-order valence-electron chi connectivity index (χ0n) is 18.4. The van der Waals surface area contributed by atoms with Crippen LogP contribution < -0.4 is 9.46 Å². The molecule has 0 saturated carbocycles. The van der Waals surface area contributed by atoms with E-state index in [1.165, 1.54) is 20.1 Å². The second-order valence-electron chi connectivity index (χ2n) is 7.46. The molecule has 10 heteroatoms. The van der Waals surface area contributed by atoms with Crippen molar-refractivity contribution >= 4 is 42.8 Å². The van der Waals surface area contributed by atoms with Gasteiger partial charge in [-0.2, -0.15) is 0 Å². The van der Waals surface area contributed by atoms with E-state index in [0.717, 1.165) is 4.47 Å². The summed E-state index contributed by atoms with van der Waals surface area (Å²) in [7, 11) is -2.41. The lowest BCUT2D eigenvalue weighted by Gasteiger charge is -2.14. The van der Waals surface area contributed by atoms with E-state index in [4.69, 9.17) is 4.74 Å². The molecule has 0 bridgehead atoms. The molecule has 1 N–H and O–H groups in total. The summed E-state index contributed by atoms with van der Waals surface area (Å²) in [5.41, 5.74) is 1.95. The molecule has 0 unspecified atom stereocenters. The second kappa shape index (κ2) is 9.55. The number of nitrogens with one attached hydrogen (secondary N) is 1. The molecule has 7 nitrogen and oxygen atoms in total. The molecule has 0 aliphatic rings. The van der Waals surface area contributed by atoms with Gasteiger partial charge >= 0.3 is 0 Å². The van der Waals surface area contributed by atoms with Gasteiger partial charge in [0.05, 0.1) is 19.4 Å². The summed E-state index contributed by atoms with van der Waals surface area (Å²) in [5.74, 6) is -1.27. The zero-order chi connectivity index (χ0) is 24.5. The molecule has 1 amide bonds. The maximum absolute atomic E-state index is 14.6. The van der Waals surface area contributed by atoms with Gasteiger partial charge in [-0.25, -0.2) is 22.5 Å². The first-order valence-corrected chi connectivity index (χ1v) is 12.8. The van der Waals surface area contributed by atoms with Crippen molar-refractivity contribution in [3.8, 4) is 17.0 Å². The van der Waals surface area contributed by atoms with Crippen LogP contribution in [0.15, 0.2) is 65.3 Å². The molecule has 2 aromatic heterocycles. The average molecular weight is 546 g/mol. The van der Waals surface area contributed by atoms with Crippen molar-refractivity contribution in [3.05, 3.63) is 82.3 Å². The normalized spacial score (nSPS) is 11.5. The summed E-state index contributed by atoms with van der Waals surface area (Å²) in [5, 5.41) is 0.649. The Morgan fingerprint density at radius 3 is 2.65 bits per heavy atom. The summed E-state index contributed by atoms with van der Waals surface area (Å²) in [6, 6.07) is 15.1. The molecule has 2 aromatic carbocycles. The first kappa shape index (κ1) is 23.9. The van der Waals surface area contributed by atoms with Gasteiger partial charge in [0.1, 0.15) is 11.5 Å². The minimum absolute atomic E-state index is 0.00229. The number of rotatable bonds is 7. The third-order valence-electron chi connectivity index (χ3n) is 5.39. The fourth-order valence-corrected chi connectivity index (χ4v) is 4.69. The Balaban J connectivity index is 2.09. The second-order valence-corrected chi connectivity index (χ2v) is 10.4. The van der Waals surface area contributed by atoms with E-state index in [2.05, 4.69) is 25.6 Å². The minimum atomic E-state index is -3.87. The van der Waals surface area contributed by atoms with Crippen LogP contribution in [0.5, 0.6) is 5.88 Å². The van der Waals surface area contributed by atoms with E-state index in [0.29, 0.717) is 27.6 Å². The molecule has 0 atom stereocenters. The third kappa shape index (κ3) is 4.55. The lowest BCUT2D eigenvalue weighted by Crippen LogP contribution is -2.33. The summed E-state index contributed by atoms with van der Waals surface area (Å²) in [4.78, 5) is 17.7. The van der Waals surface area contributed by atoms with Crippen molar-refractivity contribution in [3.63, 3.8) is 0 Å². The topological polar surface area (TPSA) is 90.3 Å². The van der Waals surface area contributed by atoms with E-state index < -0.39 is 21.7 Å². The lowest BCUT2D eigenvalue weighted by molar-refractivity contribution is 0.0974. The van der Waals surface area contributed by atoms with Crippen LogP contribution in [0.3, 0.4) is 0 Å². The molecular formula is C24H21BrFN3O4S. The van der Waals surface area contributed by atoms with Crippen molar-refractivity contribution in [1.29, 1.82) is 0 Å². The number of ether oxygens (including phenoxy) is 1. The number of aromatic nitrogens is 2. The van der Waals surface area contributed by atoms with Crippen molar-refractivity contribution in [2.24, 2.45) is 0 Å². The highest BCUT2D eigenvalue weighted by Crippen LogP contribution is 2.40. The van der Waals surface area contributed by atoms with Gasteiger partial charge in [0.2, 0.25) is 15.9 Å². The Kier molecular flexibility index (Phi) is 6.72. The Morgan fingerprint density at radius 2 is 1.94 bits per heavy atom. The van der Waals surface area contributed by atoms with Crippen molar-refractivity contribution < 1.29 is 22.3 Å². The van der Waals surface area contributed by atoms with Crippen LogP contribution in [0.2, 0.25) is 0 Å². The fraction of sp³-hybridized carbons (Fsp3) is 0.167. The Labute approximate surface area is 204 Å². The SMILES string of the molecule is CCS(=O)(=O)NC(=O)c1c(-c2cccnc2OC)c2cc(Br)ccc2n1Cc1ccccc1F. The molecular weight excluding hydrogens is 525 g/mol. The fourth-order valence-electron chi connectivity index (χ4n) is 3.80. The largest absolute Gasteiger partial charge is 0.481 e. The third-order valence-corrected chi connectivity index (χ3v) is 7.14. The van der Waals surface area contributed by atoms with Crippen LogP contribution in [0.4, 0.5) is 4.39 Å². The molecule has 34 heavy (non-hydrogen) atoms. The molecule has 0 saturated heterocycles. The van der Waals surface area contributed by atoms with Gasteiger partial charge in [0.25, 0.3) is 5.91 Å². The predicted octanol–water partition coefficient (Wildman–Crippen LogP) is 4.74. The van der Waals surface area contributed by atoms with Crippen LogP contribution >= 0.6 is 15.9 Å². The summed E-state index contributed by atoms with van der Waals surface area (Å²) in [6.45, 7) is 1.44. The minimum Gasteiger partial charge on any atom is -0.481 e. The number of hydrogen-bond donors (Lipinski definition) is 1. The van der Waals surface area contributed by atoms with Crippen LogP contribution in [0.25, 0.3) is 22.0 Å². The highest BCUT2D eigenvalue weighted by atomic mass is 79.9. The highest BCUT2D eigenvalue weighted by Gasteiger charge is 2.28. The standard InChI is InChI=1S/C24H21BrFN3O4S/c1-3-34(31,32)28-23(30)22-21(17-8-6-12-27-24(17)33-2)18-13-16(25)10-11-20(18)29(22)14-15-7-4-5-9-19(15)26/h4-13H,3,14H2,1-2H3,(H,28,30). The van der Waals surface area contributed by atoms with Crippen LogP contribution in [-0.2, 0) is 16.6 Å². The van der Waals surface area contributed by atoms with Crippen molar-refractivity contribution in [2.45, 2.75) is 13.5 Å². The van der Waals surface area contributed by atoms with E-state index in [1.54, 1.807) is 53.2 Å². The first-order valence-electron chi connectivity index (χ1n) is 10.3. The quantitative estimate of drug-likeness (QED) is 0.362. The van der Waals surface area contributed by atoms with Gasteiger partial charge < -0.3 is 9.30 Å².